The molecule has 1 atom stereocenters. The first kappa shape index (κ1) is 20.0. The Morgan fingerprint density at radius 3 is 2.22 bits per heavy atom. The number of anilines is 1. The first-order chi connectivity index (χ1) is 12.8. The van der Waals surface area contributed by atoms with Gasteiger partial charge in [-0.3, -0.25) is 9.59 Å². The predicted molar refractivity (Wildman–Crippen MR) is 101 cm³/mol. The Balaban J connectivity index is 2.15. The molecule has 0 heterocycles. The smallest absolute Gasteiger partial charge is 0.341 e. The predicted octanol–water partition coefficient (Wildman–Crippen LogP) is 2.58. The molecule has 0 bridgehead atoms. The molecule has 0 radical (unpaired) electrons. The number of nitrogens with one attached hydrogen (secondary N) is 1. The monoisotopic (exact) mass is 370 g/mol. The molecule has 142 valence electrons. The van der Waals surface area contributed by atoms with E-state index in [1.54, 1.807) is 63.7 Å². The third-order valence-corrected chi connectivity index (χ3v) is 3.82. The van der Waals surface area contributed by atoms with E-state index in [1.165, 1.54) is 17.9 Å². The highest BCUT2D eigenvalue weighted by atomic mass is 16.5. The van der Waals surface area contributed by atoms with E-state index in [4.69, 9.17) is 9.47 Å². The number of methoxy groups -OCH3 is 1. The molecular weight excluding hydrogens is 348 g/mol. The van der Waals surface area contributed by atoms with Crippen LogP contribution in [-0.4, -0.2) is 50.0 Å². The van der Waals surface area contributed by atoms with E-state index in [0.29, 0.717) is 17.0 Å². The number of rotatable bonds is 6. The molecular formula is C20H22N2O5. The summed E-state index contributed by atoms with van der Waals surface area (Å²) in [5, 5.41) is 2.69. The molecule has 0 saturated heterocycles. The van der Waals surface area contributed by atoms with Crippen LogP contribution in [0.4, 0.5) is 5.69 Å². The van der Waals surface area contributed by atoms with Gasteiger partial charge in [0.05, 0.1) is 18.4 Å². The first-order valence-corrected chi connectivity index (χ1v) is 8.30. The van der Waals surface area contributed by atoms with Crippen LogP contribution in [0.1, 0.15) is 27.6 Å². The second kappa shape index (κ2) is 8.84. The average Bonchev–Trinajstić information content (AvgIpc) is 2.67. The van der Waals surface area contributed by atoms with Crippen molar-refractivity contribution in [1.29, 1.82) is 0 Å². The van der Waals surface area contributed by atoms with Gasteiger partial charge in [-0.15, -0.1) is 0 Å². The zero-order chi connectivity index (χ0) is 20.0. The SMILES string of the molecule is COc1ccc(C(=O)Nc2ccccc2C(=O)O[C@@H](C)C(=O)N(C)C)cc1. The van der Waals surface area contributed by atoms with Crippen LogP contribution >= 0.6 is 0 Å². The Bertz CT molecular complexity index is 831. The maximum atomic E-state index is 12.4. The van der Waals surface area contributed by atoms with Crippen LogP contribution in [0.25, 0.3) is 0 Å². The van der Waals surface area contributed by atoms with Crippen LogP contribution in [0, 0.1) is 0 Å². The lowest BCUT2D eigenvalue weighted by Gasteiger charge is -2.18. The molecule has 7 nitrogen and oxygen atoms in total. The van der Waals surface area contributed by atoms with Crippen molar-refractivity contribution in [3.05, 3.63) is 59.7 Å². The number of nitrogens with zero attached hydrogens (tertiary/aromatic N) is 1. The number of amides is 2. The molecule has 2 amide bonds. The Morgan fingerprint density at radius 2 is 1.63 bits per heavy atom. The molecule has 2 aromatic rings. The molecule has 0 aliphatic rings. The van der Waals surface area contributed by atoms with Gasteiger partial charge in [0.15, 0.2) is 6.10 Å². The summed E-state index contributed by atoms with van der Waals surface area (Å²) in [4.78, 5) is 38.1. The number of carbonyl (C=O) groups is 3. The van der Waals surface area contributed by atoms with Crippen LogP contribution < -0.4 is 10.1 Å². The van der Waals surface area contributed by atoms with Gasteiger partial charge in [-0.25, -0.2) is 4.79 Å². The zero-order valence-corrected chi connectivity index (χ0v) is 15.7. The van der Waals surface area contributed by atoms with Crippen LogP contribution in [0.3, 0.4) is 0 Å². The lowest BCUT2D eigenvalue weighted by molar-refractivity contribution is -0.137. The topological polar surface area (TPSA) is 84.9 Å². The lowest BCUT2D eigenvalue weighted by Crippen LogP contribution is -2.35. The van der Waals surface area contributed by atoms with Crippen molar-refractivity contribution < 1.29 is 23.9 Å². The van der Waals surface area contributed by atoms with Gasteiger partial charge in [0.1, 0.15) is 5.75 Å². The number of ether oxygens (including phenoxy) is 2. The molecule has 2 aromatic carbocycles. The van der Waals surface area contributed by atoms with E-state index in [9.17, 15) is 14.4 Å². The molecule has 0 unspecified atom stereocenters. The minimum absolute atomic E-state index is 0.165. The fourth-order valence-corrected chi connectivity index (χ4v) is 2.35. The average molecular weight is 370 g/mol. The Morgan fingerprint density at radius 1 is 1.00 bits per heavy atom. The van der Waals surface area contributed by atoms with E-state index >= 15 is 0 Å². The van der Waals surface area contributed by atoms with E-state index in [2.05, 4.69) is 5.32 Å². The molecule has 1 N–H and O–H groups in total. The molecule has 0 aliphatic heterocycles. The molecule has 27 heavy (non-hydrogen) atoms. The molecule has 0 aromatic heterocycles. The highest BCUT2D eigenvalue weighted by Crippen LogP contribution is 2.19. The largest absolute Gasteiger partial charge is 0.497 e. The summed E-state index contributed by atoms with van der Waals surface area (Å²) >= 11 is 0. The van der Waals surface area contributed by atoms with Crippen molar-refractivity contribution >= 4 is 23.5 Å². The van der Waals surface area contributed by atoms with Crippen molar-refractivity contribution in [2.45, 2.75) is 13.0 Å². The van der Waals surface area contributed by atoms with Crippen molar-refractivity contribution in [3.63, 3.8) is 0 Å². The highest BCUT2D eigenvalue weighted by molar-refractivity contribution is 6.08. The Hall–Kier alpha value is -3.35. The standard InChI is InChI=1S/C20H22N2O5/c1-13(19(24)22(2)3)27-20(25)16-7-5-6-8-17(16)21-18(23)14-9-11-15(26-4)12-10-14/h5-13H,1-4H3,(H,21,23)/t13-/m0/s1. The van der Waals surface area contributed by atoms with Gasteiger partial charge < -0.3 is 19.7 Å². The normalized spacial score (nSPS) is 11.3. The zero-order valence-electron chi connectivity index (χ0n) is 15.7. The van der Waals surface area contributed by atoms with E-state index in [-0.39, 0.29) is 17.4 Å². The van der Waals surface area contributed by atoms with Crippen LogP contribution in [-0.2, 0) is 9.53 Å². The quantitative estimate of drug-likeness (QED) is 0.790. The number of esters is 1. The minimum Gasteiger partial charge on any atom is -0.497 e. The van der Waals surface area contributed by atoms with E-state index in [1.807, 2.05) is 0 Å². The van der Waals surface area contributed by atoms with Crippen molar-refractivity contribution in [1.82, 2.24) is 4.90 Å². The fraction of sp³-hybridized carbons (Fsp3) is 0.250. The fourth-order valence-electron chi connectivity index (χ4n) is 2.35. The van der Waals surface area contributed by atoms with Crippen LogP contribution in [0.15, 0.2) is 48.5 Å². The summed E-state index contributed by atoms with van der Waals surface area (Å²) in [6.07, 6.45) is -0.933. The number of carbonyl (C=O) groups excluding carboxylic acids is 3. The van der Waals surface area contributed by atoms with Gasteiger partial charge in [-0.05, 0) is 43.3 Å². The number of para-hydroxylation sites is 1. The lowest BCUT2D eigenvalue weighted by atomic mass is 10.1. The number of benzene rings is 2. The summed E-state index contributed by atoms with van der Waals surface area (Å²) in [7, 11) is 4.70. The minimum atomic E-state index is -0.933. The third kappa shape index (κ3) is 5.07. The maximum absolute atomic E-state index is 12.4. The molecule has 0 spiro atoms. The first-order valence-electron chi connectivity index (χ1n) is 8.30. The summed E-state index contributed by atoms with van der Waals surface area (Å²) in [6, 6.07) is 13.0. The molecule has 7 heteroatoms. The summed E-state index contributed by atoms with van der Waals surface area (Å²) < 4.78 is 10.3. The van der Waals surface area contributed by atoms with Gasteiger partial charge in [0.25, 0.3) is 11.8 Å². The molecule has 0 fully saturated rings. The number of hydrogen-bond donors (Lipinski definition) is 1. The van der Waals surface area contributed by atoms with Gasteiger partial charge in [0.2, 0.25) is 0 Å². The summed E-state index contributed by atoms with van der Waals surface area (Å²) in [5.41, 5.74) is 0.876. The molecule has 2 rings (SSSR count). The number of likely N-dealkylation sites (N-methyl/N-ethyl adjacent to an activating group) is 1. The summed E-state index contributed by atoms with van der Waals surface area (Å²) in [6.45, 7) is 1.50. The van der Waals surface area contributed by atoms with Crippen molar-refractivity contribution in [2.24, 2.45) is 0 Å². The van der Waals surface area contributed by atoms with Gasteiger partial charge in [-0.1, -0.05) is 12.1 Å². The molecule has 0 saturated carbocycles. The Labute approximate surface area is 157 Å². The van der Waals surface area contributed by atoms with Crippen LogP contribution in [0.5, 0.6) is 5.75 Å². The van der Waals surface area contributed by atoms with Gasteiger partial charge in [0, 0.05) is 19.7 Å². The molecule has 0 aliphatic carbocycles. The Kier molecular flexibility index (Phi) is 6.54. The van der Waals surface area contributed by atoms with Gasteiger partial charge >= 0.3 is 5.97 Å². The van der Waals surface area contributed by atoms with Crippen molar-refractivity contribution in [2.75, 3.05) is 26.5 Å². The van der Waals surface area contributed by atoms with E-state index in [0.717, 1.165) is 0 Å². The van der Waals surface area contributed by atoms with Crippen LogP contribution in [0.2, 0.25) is 0 Å². The van der Waals surface area contributed by atoms with E-state index < -0.39 is 12.1 Å². The van der Waals surface area contributed by atoms with Crippen molar-refractivity contribution in [3.8, 4) is 5.75 Å². The third-order valence-electron chi connectivity index (χ3n) is 3.82. The highest BCUT2D eigenvalue weighted by Gasteiger charge is 2.22. The second-order valence-electron chi connectivity index (χ2n) is 6.01. The summed E-state index contributed by atoms with van der Waals surface area (Å²) in [5.74, 6) is -0.767. The second-order valence-corrected chi connectivity index (χ2v) is 6.01. The maximum Gasteiger partial charge on any atom is 0.341 e. The van der Waals surface area contributed by atoms with Gasteiger partial charge in [-0.2, -0.15) is 0 Å². The number of hydrogen-bond acceptors (Lipinski definition) is 5.